The third kappa shape index (κ3) is 4.61. The molecule has 0 aromatic carbocycles. The number of nitrogens with zero attached hydrogens (tertiary/aromatic N) is 4. The van der Waals surface area contributed by atoms with E-state index in [1.165, 1.54) is 16.6 Å². The summed E-state index contributed by atoms with van der Waals surface area (Å²) in [5.74, 6) is 0.792. The molecule has 1 amide bonds. The second kappa shape index (κ2) is 7.39. The predicted molar refractivity (Wildman–Crippen MR) is 79.8 cm³/mol. The molecule has 2 aromatic rings. The molecule has 1 N–H and O–H groups in total. The van der Waals surface area contributed by atoms with Crippen LogP contribution in [-0.4, -0.2) is 38.4 Å². The number of carbonyl (C=O) groups excluding carboxylic acids is 1. The molecule has 2 rings (SSSR count). The standard InChI is InChI=1S/C12H17N5OS2/c1-9(2)6-13-11(18)8-20-12-14-15-16-17(12)7-10-4-3-5-19-10/h3-5,9H,6-8H2,1-2H3,(H,13,18). The fraction of sp³-hybridized carbons (Fsp3) is 0.500. The predicted octanol–water partition coefficient (Wildman–Crippen LogP) is 1.65. The van der Waals surface area contributed by atoms with E-state index in [0.29, 0.717) is 29.9 Å². The first-order valence-corrected chi connectivity index (χ1v) is 8.19. The zero-order chi connectivity index (χ0) is 14.4. The lowest BCUT2D eigenvalue weighted by Crippen LogP contribution is -2.28. The Morgan fingerprint density at radius 2 is 2.40 bits per heavy atom. The van der Waals surface area contributed by atoms with Gasteiger partial charge in [-0.15, -0.1) is 16.4 Å². The molecule has 0 aliphatic heterocycles. The van der Waals surface area contributed by atoms with Gasteiger partial charge in [-0.25, -0.2) is 4.68 Å². The largest absolute Gasteiger partial charge is 0.355 e. The second-order valence-electron chi connectivity index (χ2n) is 4.69. The molecular weight excluding hydrogens is 294 g/mol. The molecule has 0 atom stereocenters. The topological polar surface area (TPSA) is 72.7 Å². The molecule has 108 valence electrons. The molecule has 0 radical (unpaired) electrons. The number of hydrogen-bond donors (Lipinski definition) is 1. The summed E-state index contributed by atoms with van der Waals surface area (Å²) < 4.78 is 1.71. The van der Waals surface area contributed by atoms with Crippen molar-refractivity contribution in [2.24, 2.45) is 5.92 Å². The maximum absolute atomic E-state index is 11.7. The van der Waals surface area contributed by atoms with Crippen LogP contribution in [0.1, 0.15) is 18.7 Å². The Hall–Kier alpha value is -1.41. The van der Waals surface area contributed by atoms with Crippen molar-refractivity contribution in [3.8, 4) is 0 Å². The van der Waals surface area contributed by atoms with Crippen molar-refractivity contribution in [3.63, 3.8) is 0 Å². The Bertz CT molecular complexity index is 538. The first-order valence-electron chi connectivity index (χ1n) is 6.33. The monoisotopic (exact) mass is 311 g/mol. The van der Waals surface area contributed by atoms with E-state index in [0.717, 1.165) is 0 Å². The van der Waals surface area contributed by atoms with Crippen LogP contribution in [0.5, 0.6) is 0 Å². The van der Waals surface area contributed by atoms with Crippen LogP contribution in [0.2, 0.25) is 0 Å². The van der Waals surface area contributed by atoms with E-state index in [2.05, 4.69) is 34.7 Å². The van der Waals surface area contributed by atoms with Gasteiger partial charge >= 0.3 is 0 Å². The maximum atomic E-state index is 11.7. The van der Waals surface area contributed by atoms with Crippen LogP contribution in [0.4, 0.5) is 0 Å². The van der Waals surface area contributed by atoms with Crippen LogP contribution >= 0.6 is 23.1 Å². The summed E-state index contributed by atoms with van der Waals surface area (Å²) in [5, 5.41) is 17.1. The van der Waals surface area contributed by atoms with Crippen molar-refractivity contribution in [2.45, 2.75) is 25.5 Å². The summed E-state index contributed by atoms with van der Waals surface area (Å²) in [7, 11) is 0. The molecule has 0 saturated heterocycles. The highest BCUT2D eigenvalue weighted by atomic mass is 32.2. The third-order valence-electron chi connectivity index (χ3n) is 2.42. The van der Waals surface area contributed by atoms with Gasteiger partial charge in [-0.1, -0.05) is 31.7 Å². The smallest absolute Gasteiger partial charge is 0.230 e. The summed E-state index contributed by atoms with van der Waals surface area (Å²) in [6, 6.07) is 4.03. The number of rotatable bonds is 7. The normalized spacial score (nSPS) is 10.9. The van der Waals surface area contributed by atoms with Crippen molar-refractivity contribution in [1.29, 1.82) is 0 Å². The number of hydrogen-bond acceptors (Lipinski definition) is 6. The molecule has 0 bridgehead atoms. The number of amides is 1. The van der Waals surface area contributed by atoms with Gasteiger partial charge in [0.15, 0.2) is 0 Å². The molecule has 8 heteroatoms. The van der Waals surface area contributed by atoms with Crippen molar-refractivity contribution >= 4 is 29.0 Å². The van der Waals surface area contributed by atoms with Gasteiger partial charge in [0.2, 0.25) is 11.1 Å². The van der Waals surface area contributed by atoms with Crippen molar-refractivity contribution in [3.05, 3.63) is 22.4 Å². The summed E-state index contributed by atoms with van der Waals surface area (Å²) in [6.07, 6.45) is 0. The van der Waals surface area contributed by atoms with Gasteiger partial charge < -0.3 is 5.32 Å². The Morgan fingerprint density at radius 1 is 1.55 bits per heavy atom. The molecule has 0 aliphatic rings. The molecule has 20 heavy (non-hydrogen) atoms. The lowest BCUT2D eigenvalue weighted by atomic mass is 10.2. The molecule has 0 fully saturated rings. The second-order valence-corrected chi connectivity index (χ2v) is 6.66. The maximum Gasteiger partial charge on any atom is 0.230 e. The molecule has 0 saturated carbocycles. The van der Waals surface area contributed by atoms with E-state index in [4.69, 9.17) is 0 Å². The molecule has 2 heterocycles. The summed E-state index contributed by atoms with van der Waals surface area (Å²) >= 11 is 3.02. The van der Waals surface area contributed by atoms with Gasteiger partial charge in [0.1, 0.15) is 0 Å². The van der Waals surface area contributed by atoms with E-state index in [-0.39, 0.29) is 5.91 Å². The summed E-state index contributed by atoms with van der Waals surface area (Å²) in [5.41, 5.74) is 0. The van der Waals surface area contributed by atoms with E-state index in [9.17, 15) is 4.79 Å². The Morgan fingerprint density at radius 3 is 3.10 bits per heavy atom. The average molecular weight is 311 g/mol. The van der Waals surface area contributed by atoms with Crippen LogP contribution in [0.25, 0.3) is 0 Å². The zero-order valence-corrected chi connectivity index (χ0v) is 13.1. The molecule has 2 aromatic heterocycles. The molecule has 0 aliphatic carbocycles. The molecule has 0 spiro atoms. The highest BCUT2D eigenvalue weighted by Gasteiger charge is 2.10. The van der Waals surface area contributed by atoms with E-state index in [1.54, 1.807) is 16.0 Å². The van der Waals surface area contributed by atoms with Crippen LogP contribution in [0.3, 0.4) is 0 Å². The quantitative estimate of drug-likeness (QED) is 0.787. The minimum Gasteiger partial charge on any atom is -0.355 e. The minimum absolute atomic E-state index is 0.00868. The third-order valence-corrected chi connectivity index (χ3v) is 4.24. The minimum atomic E-state index is 0.00868. The Labute approximate surface area is 126 Å². The number of tetrazole rings is 1. The number of thiophene rings is 1. The first-order chi connectivity index (χ1) is 9.65. The van der Waals surface area contributed by atoms with Crippen LogP contribution in [0, 0.1) is 5.92 Å². The van der Waals surface area contributed by atoms with E-state index in [1.807, 2.05) is 17.5 Å². The highest BCUT2D eigenvalue weighted by molar-refractivity contribution is 7.99. The van der Waals surface area contributed by atoms with E-state index >= 15 is 0 Å². The molecule has 0 unspecified atom stereocenters. The highest BCUT2D eigenvalue weighted by Crippen LogP contribution is 2.16. The zero-order valence-electron chi connectivity index (χ0n) is 11.4. The van der Waals surface area contributed by atoms with Crippen LogP contribution in [0.15, 0.2) is 22.7 Å². The molecule has 6 nitrogen and oxygen atoms in total. The number of aromatic nitrogens is 4. The average Bonchev–Trinajstić information content (AvgIpc) is 3.06. The Kier molecular flexibility index (Phi) is 5.54. The van der Waals surface area contributed by atoms with Gasteiger partial charge in [-0.2, -0.15) is 0 Å². The van der Waals surface area contributed by atoms with Crippen molar-refractivity contribution in [2.75, 3.05) is 12.3 Å². The number of carbonyl (C=O) groups is 1. The number of thioether (sulfide) groups is 1. The Balaban J connectivity index is 1.84. The summed E-state index contributed by atoms with van der Waals surface area (Å²) in [4.78, 5) is 12.8. The SMILES string of the molecule is CC(C)CNC(=O)CSc1nnnn1Cc1cccs1. The van der Waals surface area contributed by atoms with Crippen molar-refractivity contribution < 1.29 is 4.79 Å². The van der Waals surface area contributed by atoms with Gasteiger partial charge in [-0.05, 0) is 27.8 Å². The molecular formula is C12H17N5OS2. The van der Waals surface area contributed by atoms with Crippen LogP contribution < -0.4 is 5.32 Å². The number of nitrogens with one attached hydrogen (secondary N) is 1. The fourth-order valence-corrected chi connectivity index (χ4v) is 2.84. The lowest BCUT2D eigenvalue weighted by Gasteiger charge is -2.07. The lowest BCUT2D eigenvalue weighted by molar-refractivity contribution is -0.118. The summed E-state index contributed by atoms with van der Waals surface area (Å²) in [6.45, 7) is 5.46. The van der Waals surface area contributed by atoms with Crippen LogP contribution in [-0.2, 0) is 11.3 Å². The van der Waals surface area contributed by atoms with Gasteiger partial charge in [0, 0.05) is 11.4 Å². The van der Waals surface area contributed by atoms with Gasteiger partial charge in [-0.3, -0.25) is 4.79 Å². The fourth-order valence-electron chi connectivity index (χ4n) is 1.45. The first kappa shape index (κ1) is 15.0. The van der Waals surface area contributed by atoms with Gasteiger partial charge in [0.05, 0.1) is 12.3 Å². The van der Waals surface area contributed by atoms with Crippen molar-refractivity contribution in [1.82, 2.24) is 25.5 Å². The van der Waals surface area contributed by atoms with E-state index < -0.39 is 0 Å². The van der Waals surface area contributed by atoms with Gasteiger partial charge in [0.25, 0.3) is 0 Å².